The summed E-state index contributed by atoms with van der Waals surface area (Å²) in [6.45, 7) is 5.06. The van der Waals surface area contributed by atoms with E-state index in [9.17, 15) is 9.59 Å². The summed E-state index contributed by atoms with van der Waals surface area (Å²) in [5.41, 5.74) is 5.20. The van der Waals surface area contributed by atoms with Crippen LogP contribution in [0.2, 0.25) is 0 Å². The molecule has 0 aliphatic heterocycles. The predicted octanol–water partition coefficient (Wildman–Crippen LogP) is 5.07. The highest BCUT2D eigenvalue weighted by Gasteiger charge is 2.14. The standard InChI is InChI=1S/C27H29NO3/c1-3-31-27(30)20(2)16-21-12-14-23(15-13-21)25-11-7-8-22(17-25)18-28-19-26(29)24-9-5-4-6-10-24/h4-15,17,20,28H,3,16,18-19H2,1-2H3. The number of nitrogens with one attached hydrogen (secondary N) is 1. The first-order chi connectivity index (χ1) is 15.1. The largest absolute Gasteiger partial charge is 0.466 e. The Hall–Kier alpha value is -3.24. The van der Waals surface area contributed by atoms with Crippen LogP contribution in [0.3, 0.4) is 0 Å². The summed E-state index contributed by atoms with van der Waals surface area (Å²) >= 11 is 0. The van der Waals surface area contributed by atoms with Gasteiger partial charge in [-0.25, -0.2) is 0 Å². The van der Waals surface area contributed by atoms with E-state index in [1.54, 1.807) is 0 Å². The van der Waals surface area contributed by atoms with Crippen LogP contribution < -0.4 is 5.32 Å². The molecule has 4 heteroatoms. The van der Waals surface area contributed by atoms with E-state index in [1.807, 2.05) is 50.2 Å². The van der Waals surface area contributed by atoms with Gasteiger partial charge in [0.05, 0.1) is 19.1 Å². The van der Waals surface area contributed by atoms with Gasteiger partial charge in [0.2, 0.25) is 0 Å². The SMILES string of the molecule is CCOC(=O)C(C)Cc1ccc(-c2cccc(CNCC(=O)c3ccccc3)c2)cc1. The van der Waals surface area contributed by atoms with Crippen molar-refractivity contribution in [2.75, 3.05) is 13.2 Å². The van der Waals surface area contributed by atoms with Crippen LogP contribution in [-0.4, -0.2) is 24.9 Å². The van der Waals surface area contributed by atoms with Gasteiger partial charge in [-0.3, -0.25) is 9.59 Å². The number of carbonyl (C=O) groups excluding carboxylic acids is 2. The normalized spacial score (nSPS) is 11.7. The van der Waals surface area contributed by atoms with Gasteiger partial charge in [-0.2, -0.15) is 0 Å². The molecule has 0 radical (unpaired) electrons. The van der Waals surface area contributed by atoms with Gasteiger partial charge in [-0.05, 0) is 41.7 Å². The van der Waals surface area contributed by atoms with Crippen LogP contribution in [0.4, 0.5) is 0 Å². The van der Waals surface area contributed by atoms with E-state index >= 15 is 0 Å². The van der Waals surface area contributed by atoms with Crippen molar-refractivity contribution in [1.29, 1.82) is 0 Å². The van der Waals surface area contributed by atoms with Crippen LogP contribution in [0, 0.1) is 5.92 Å². The number of hydrogen-bond donors (Lipinski definition) is 1. The lowest BCUT2D eigenvalue weighted by molar-refractivity contribution is -0.147. The third kappa shape index (κ3) is 6.63. The average molecular weight is 416 g/mol. The molecule has 0 amide bonds. The van der Waals surface area contributed by atoms with E-state index in [0.717, 1.165) is 27.8 Å². The fraction of sp³-hybridized carbons (Fsp3) is 0.259. The molecule has 0 heterocycles. The summed E-state index contributed by atoms with van der Waals surface area (Å²) in [6, 6.07) is 25.9. The molecular formula is C27H29NO3. The summed E-state index contributed by atoms with van der Waals surface area (Å²) in [7, 11) is 0. The van der Waals surface area contributed by atoms with E-state index in [1.165, 1.54) is 0 Å². The molecule has 0 saturated heterocycles. The Balaban J connectivity index is 1.57. The second kappa shape index (κ2) is 11.2. The maximum atomic E-state index is 12.2. The third-order valence-electron chi connectivity index (χ3n) is 5.16. The Kier molecular flexibility index (Phi) is 8.13. The predicted molar refractivity (Wildman–Crippen MR) is 124 cm³/mol. The minimum Gasteiger partial charge on any atom is -0.466 e. The van der Waals surface area contributed by atoms with Crippen molar-refractivity contribution < 1.29 is 14.3 Å². The molecule has 0 spiro atoms. The van der Waals surface area contributed by atoms with Crippen molar-refractivity contribution in [3.8, 4) is 11.1 Å². The molecule has 1 atom stereocenters. The van der Waals surface area contributed by atoms with Crippen LogP contribution in [0.5, 0.6) is 0 Å². The molecule has 3 aromatic carbocycles. The van der Waals surface area contributed by atoms with E-state index in [2.05, 4.69) is 47.8 Å². The monoisotopic (exact) mass is 415 g/mol. The Morgan fingerprint density at radius 3 is 2.32 bits per heavy atom. The van der Waals surface area contributed by atoms with Crippen molar-refractivity contribution >= 4 is 11.8 Å². The minimum atomic E-state index is -0.155. The highest BCUT2D eigenvalue weighted by molar-refractivity contribution is 5.97. The second-order valence-electron chi connectivity index (χ2n) is 7.65. The molecule has 3 aromatic rings. The van der Waals surface area contributed by atoms with E-state index in [0.29, 0.717) is 26.1 Å². The molecule has 4 nitrogen and oxygen atoms in total. The van der Waals surface area contributed by atoms with Crippen LogP contribution in [0.1, 0.15) is 35.3 Å². The third-order valence-corrected chi connectivity index (χ3v) is 5.16. The summed E-state index contributed by atoms with van der Waals surface area (Å²) in [5.74, 6) is -0.222. The zero-order valence-electron chi connectivity index (χ0n) is 18.1. The van der Waals surface area contributed by atoms with Gasteiger partial charge < -0.3 is 10.1 Å². The Morgan fingerprint density at radius 2 is 1.61 bits per heavy atom. The van der Waals surface area contributed by atoms with E-state index < -0.39 is 0 Å². The average Bonchev–Trinajstić information content (AvgIpc) is 2.80. The molecule has 0 aliphatic rings. The first kappa shape index (κ1) is 22.4. The topological polar surface area (TPSA) is 55.4 Å². The van der Waals surface area contributed by atoms with Gasteiger partial charge in [0.1, 0.15) is 0 Å². The quantitative estimate of drug-likeness (QED) is 0.371. The van der Waals surface area contributed by atoms with E-state index in [4.69, 9.17) is 4.74 Å². The zero-order valence-corrected chi connectivity index (χ0v) is 18.1. The second-order valence-corrected chi connectivity index (χ2v) is 7.65. The maximum absolute atomic E-state index is 12.2. The fourth-order valence-corrected chi connectivity index (χ4v) is 3.46. The molecule has 160 valence electrons. The van der Waals surface area contributed by atoms with Crippen molar-refractivity contribution in [1.82, 2.24) is 5.32 Å². The molecule has 1 unspecified atom stereocenters. The van der Waals surface area contributed by atoms with Crippen molar-refractivity contribution in [2.45, 2.75) is 26.8 Å². The van der Waals surface area contributed by atoms with Crippen LogP contribution >= 0.6 is 0 Å². The molecule has 1 N–H and O–H groups in total. The van der Waals surface area contributed by atoms with Crippen molar-refractivity contribution in [2.24, 2.45) is 5.92 Å². The van der Waals surface area contributed by atoms with Crippen molar-refractivity contribution in [3.05, 3.63) is 95.6 Å². The van der Waals surface area contributed by atoms with Crippen LogP contribution in [-0.2, 0) is 22.5 Å². The number of Topliss-reactive ketones (excluding diaryl/α,β-unsaturated/α-hetero) is 1. The van der Waals surface area contributed by atoms with Gasteiger partial charge in [0, 0.05) is 12.1 Å². The number of benzene rings is 3. The minimum absolute atomic E-state index is 0.0874. The van der Waals surface area contributed by atoms with Gasteiger partial charge in [-0.15, -0.1) is 0 Å². The molecule has 31 heavy (non-hydrogen) atoms. The Labute approximate surface area is 184 Å². The van der Waals surface area contributed by atoms with Crippen molar-refractivity contribution in [3.63, 3.8) is 0 Å². The number of esters is 1. The fourth-order valence-electron chi connectivity index (χ4n) is 3.46. The first-order valence-corrected chi connectivity index (χ1v) is 10.7. The molecular weight excluding hydrogens is 386 g/mol. The number of hydrogen-bond acceptors (Lipinski definition) is 4. The number of carbonyl (C=O) groups is 2. The number of ketones is 1. The molecule has 0 aliphatic carbocycles. The van der Waals surface area contributed by atoms with E-state index in [-0.39, 0.29) is 17.7 Å². The number of rotatable bonds is 10. The Bertz CT molecular complexity index is 997. The summed E-state index contributed by atoms with van der Waals surface area (Å²) in [5, 5.41) is 3.24. The van der Waals surface area contributed by atoms with Gasteiger partial charge >= 0.3 is 5.97 Å². The number of ether oxygens (including phenoxy) is 1. The van der Waals surface area contributed by atoms with Gasteiger partial charge in [0.25, 0.3) is 0 Å². The summed E-state index contributed by atoms with van der Waals surface area (Å²) in [4.78, 5) is 24.1. The lowest BCUT2D eigenvalue weighted by atomic mass is 9.97. The highest BCUT2D eigenvalue weighted by Crippen LogP contribution is 2.22. The van der Waals surface area contributed by atoms with Crippen LogP contribution in [0.15, 0.2) is 78.9 Å². The van der Waals surface area contributed by atoms with Gasteiger partial charge in [0.15, 0.2) is 5.78 Å². The smallest absolute Gasteiger partial charge is 0.308 e. The zero-order chi connectivity index (χ0) is 22.1. The molecule has 0 aromatic heterocycles. The molecule has 0 saturated carbocycles. The summed E-state index contributed by atoms with van der Waals surface area (Å²) < 4.78 is 5.09. The molecule has 0 bridgehead atoms. The lowest BCUT2D eigenvalue weighted by Gasteiger charge is -2.11. The maximum Gasteiger partial charge on any atom is 0.308 e. The first-order valence-electron chi connectivity index (χ1n) is 10.7. The highest BCUT2D eigenvalue weighted by atomic mass is 16.5. The Morgan fingerprint density at radius 1 is 0.871 bits per heavy atom. The lowest BCUT2D eigenvalue weighted by Crippen LogP contribution is -2.22. The van der Waals surface area contributed by atoms with Crippen LogP contribution in [0.25, 0.3) is 11.1 Å². The summed E-state index contributed by atoms with van der Waals surface area (Å²) in [6.07, 6.45) is 0.665. The molecule has 0 fully saturated rings. The molecule has 3 rings (SSSR count). The van der Waals surface area contributed by atoms with Gasteiger partial charge in [-0.1, -0.05) is 79.7 Å².